The van der Waals surface area contributed by atoms with Crippen LogP contribution in [0.15, 0.2) is 47.4 Å². The highest BCUT2D eigenvalue weighted by atomic mass is 32.2. The van der Waals surface area contributed by atoms with E-state index < -0.39 is 10.0 Å². The number of hydrogen-bond acceptors (Lipinski definition) is 3. The quantitative estimate of drug-likeness (QED) is 0.818. The molecule has 2 aromatic rings. The molecule has 24 heavy (non-hydrogen) atoms. The molecular weight excluding hydrogens is 322 g/mol. The van der Waals surface area contributed by atoms with Crippen molar-refractivity contribution in [1.82, 2.24) is 4.72 Å². The molecule has 0 heterocycles. The molecule has 0 unspecified atom stereocenters. The third kappa shape index (κ3) is 3.97. The van der Waals surface area contributed by atoms with Crippen LogP contribution in [-0.4, -0.2) is 21.6 Å². The molecule has 1 aliphatic rings. The highest BCUT2D eigenvalue weighted by molar-refractivity contribution is 7.89. The van der Waals surface area contributed by atoms with Gasteiger partial charge >= 0.3 is 0 Å². The van der Waals surface area contributed by atoms with Crippen molar-refractivity contribution in [3.8, 4) is 5.75 Å². The fourth-order valence-corrected chi connectivity index (χ4v) is 4.03. The van der Waals surface area contributed by atoms with Crippen LogP contribution in [0.1, 0.15) is 29.5 Å². The predicted molar refractivity (Wildman–Crippen MR) is 94.9 cm³/mol. The Bertz CT molecular complexity index is 798. The van der Waals surface area contributed by atoms with E-state index in [0.717, 1.165) is 24.2 Å². The van der Waals surface area contributed by atoms with E-state index in [0.29, 0.717) is 6.61 Å². The van der Waals surface area contributed by atoms with E-state index in [4.69, 9.17) is 4.74 Å². The molecule has 1 aliphatic carbocycles. The Kier molecular flexibility index (Phi) is 5.21. The molecule has 0 aliphatic heterocycles. The number of benzene rings is 2. The molecule has 0 saturated heterocycles. The lowest BCUT2D eigenvalue weighted by Crippen LogP contribution is -2.28. The molecule has 0 amide bonds. The molecule has 2 aromatic carbocycles. The molecule has 4 nitrogen and oxygen atoms in total. The van der Waals surface area contributed by atoms with Gasteiger partial charge in [-0.25, -0.2) is 13.1 Å². The minimum Gasteiger partial charge on any atom is -0.492 e. The molecular formula is C19H23NO3S. The van der Waals surface area contributed by atoms with Crippen molar-refractivity contribution in [2.75, 3.05) is 13.2 Å². The Balaban J connectivity index is 1.57. The minimum absolute atomic E-state index is 0.250. The maximum atomic E-state index is 12.2. The van der Waals surface area contributed by atoms with Gasteiger partial charge in [-0.1, -0.05) is 29.8 Å². The Morgan fingerprint density at radius 3 is 2.58 bits per heavy atom. The molecule has 0 saturated carbocycles. The first kappa shape index (κ1) is 17.0. The Hall–Kier alpha value is -1.85. The van der Waals surface area contributed by atoms with Gasteiger partial charge in [-0.15, -0.1) is 0 Å². The zero-order chi connectivity index (χ0) is 17.0. The van der Waals surface area contributed by atoms with E-state index in [1.165, 1.54) is 24.0 Å². The maximum absolute atomic E-state index is 12.2. The van der Waals surface area contributed by atoms with Gasteiger partial charge in [0.2, 0.25) is 10.0 Å². The third-order valence-corrected chi connectivity index (χ3v) is 5.81. The number of ether oxygens (including phenoxy) is 1. The van der Waals surface area contributed by atoms with Crippen molar-refractivity contribution in [3.05, 3.63) is 59.2 Å². The summed E-state index contributed by atoms with van der Waals surface area (Å²) in [5.74, 6) is 0.890. The summed E-state index contributed by atoms with van der Waals surface area (Å²) in [6.07, 6.45) is 4.56. The number of nitrogens with one attached hydrogen (secondary N) is 1. The molecule has 3 rings (SSSR count). The summed E-state index contributed by atoms with van der Waals surface area (Å²) in [5, 5.41) is 0. The van der Waals surface area contributed by atoms with Crippen LogP contribution in [0.4, 0.5) is 0 Å². The Morgan fingerprint density at radius 2 is 1.79 bits per heavy atom. The van der Waals surface area contributed by atoms with Gasteiger partial charge in [-0.05, 0) is 61.9 Å². The van der Waals surface area contributed by atoms with Crippen LogP contribution in [0.2, 0.25) is 0 Å². The maximum Gasteiger partial charge on any atom is 0.240 e. The monoisotopic (exact) mass is 345 g/mol. The van der Waals surface area contributed by atoms with Crippen molar-refractivity contribution in [3.63, 3.8) is 0 Å². The predicted octanol–water partition coefficient (Wildman–Crippen LogP) is 3.23. The second-order valence-electron chi connectivity index (χ2n) is 6.16. The summed E-state index contributed by atoms with van der Waals surface area (Å²) in [7, 11) is -3.48. The number of aryl methyl sites for hydroxylation is 2. The molecule has 0 spiro atoms. The summed E-state index contributed by atoms with van der Waals surface area (Å²) < 4.78 is 32.9. The van der Waals surface area contributed by atoms with Crippen LogP contribution < -0.4 is 9.46 Å². The molecule has 0 aromatic heterocycles. The van der Waals surface area contributed by atoms with E-state index in [9.17, 15) is 8.42 Å². The van der Waals surface area contributed by atoms with Gasteiger partial charge in [-0.2, -0.15) is 0 Å². The summed E-state index contributed by atoms with van der Waals surface area (Å²) in [6.45, 7) is 2.50. The largest absolute Gasteiger partial charge is 0.492 e. The van der Waals surface area contributed by atoms with Crippen LogP contribution >= 0.6 is 0 Å². The zero-order valence-corrected chi connectivity index (χ0v) is 14.7. The number of fused-ring (bicyclic) bond motifs is 1. The smallest absolute Gasteiger partial charge is 0.240 e. The van der Waals surface area contributed by atoms with Crippen LogP contribution in [-0.2, 0) is 22.9 Å². The standard InChI is InChI=1S/C19H23NO3S/c1-15-9-11-17(12-10-15)24(21,22)20-13-14-23-19-8-4-6-16-5-2-3-7-18(16)19/h4,6,8-12,20H,2-3,5,7,13-14H2,1H3. The number of hydrogen-bond donors (Lipinski definition) is 1. The van der Waals surface area contributed by atoms with E-state index in [1.54, 1.807) is 24.3 Å². The first-order valence-corrected chi connectivity index (χ1v) is 9.84. The number of sulfonamides is 1. The van der Waals surface area contributed by atoms with Crippen LogP contribution in [0.25, 0.3) is 0 Å². The molecule has 0 atom stereocenters. The fraction of sp³-hybridized carbons (Fsp3) is 0.368. The second-order valence-corrected chi connectivity index (χ2v) is 7.93. The SMILES string of the molecule is Cc1ccc(S(=O)(=O)NCCOc2cccc3c2CCCC3)cc1. The van der Waals surface area contributed by atoms with E-state index in [1.807, 2.05) is 19.1 Å². The van der Waals surface area contributed by atoms with Gasteiger partial charge < -0.3 is 4.74 Å². The summed E-state index contributed by atoms with van der Waals surface area (Å²) in [5.41, 5.74) is 3.68. The fourth-order valence-electron chi connectivity index (χ4n) is 3.02. The van der Waals surface area contributed by atoms with Gasteiger partial charge in [0.1, 0.15) is 12.4 Å². The summed E-state index contributed by atoms with van der Waals surface area (Å²) in [4.78, 5) is 0.283. The molecule has 0 bridgehead atoms. The van der Waals surface area contributed by atoms with Crippen LogP contribution in [0, 0.1) is 6.92 Å². The van der Waals surface area contributed by atoms with Crippen molar-refractivity contribution in [1.29, 1.82) is 0 Å². The average Bonchev–Trinajstić information content (AvgIpc) is 2.59. The lowest BCUT2D eigenvalue weighted by atomic mass is 9.91. The van der Waals surface area contributed by atoms with Gasteiger partial charge in [0.25, 0.3) is 0 Å². The normalized spacial score (nSPS) is 14.2. The Labute approximate surface area is 143 Å². The Morgan fingerprint density at radius 1 is 1.04 bits per heavy atom. The lowest BCUT2D eigenvalue weighted by Gasteiger charge is -2.19. The van der Waals surface area contributed by atoms with E-state index >= 15 is 0 Å². The van der Waals surface area contributed by atoms with Gasteiger partial charge in [-0.3, -0.25) is 0 Å². The van der Waals surface area contributed by atoms with Crippen molar-refractivity contribution in [2.24, 2.45) is 0 Å². The van der Waals surface area contributed by atoms with Crippen molar-refractivity contribution in [2.45, 2.75) is 37.5 Å². The van der Waals surface area contributed by atoms with E-state index in [-0.39, 0.29) is 11.4 Å². The highest BCUT2D eigenvalue weighted by Gasteiger charge is 2.15. The van der Waals surface area contributed by atoms with Gasteiger partial charge in [0.05, 0.1) is 4.90 Å². The molecule has 5 heteroatoms. The molecule has 0 fully saturated rings. The van der Waals surface area contributed by atoms with Crippen molar-refractivity contribution < 1.29 is 13.2 Å². The first-order chi connectivity index (χ1) is 11.6. The second kappa shape index (κ2) is 7.36. The summed E-state index contributed by atoms with van der Waals surface area (Å²) in [6, 6.07) is 13.0. The highest BCUT2D eigenvalue weighted by Crippen LogP contribution is 2.29. The molecule has 1 N–H and O–H groups in total. The van der Waals surface area contributed by atoms with Crippen LogP contribution in [0.5, 0.6) is 5.75 Å². The third-order valence-electron chi connectivity index (χ3n) is 4.34. The first-order valence-electron chi connectivity index (χ1n) is 8.36. The minimum atomic E-state index is -3.48. The number of rotatable bonds is 6. The van der Waals surface area contributed by atoms with Gasteiger partial charge in [0, 0.05) is 6.54 Å². The average molecular weight is 345 g/mol. The lowest BCUT2D eigenvalue weighted by molar-refractivity contribution is 0.318. The topological polar surface area (TPSA) is 55.4 Å². The molecule has 128 valence electrons. The van der Waals surface area contributed by atoms with E-state index in [2.05, 4.69) is 10.8 Å². The molecule has 0 radical (unpaired) electrons. The van der Waals surface area contributed by atoms with Gasteiger partial charge in [0.15, 0.2) is 0 Å². The van der Waals surface area contributed by atoms with Crippen LogP contribution in [0.3, 0.4) is 0 Å². The van der Waals surface area contributed by atoms with Crippen molar-refractivity contribution >= 4 is 10.0 Å². The zero-order valence-electron chi connectivity index (χ0n) is 13.9. The summed E-state index contributed by atoms with van der Waals surface area (Å²) >= 11 is 0.